The minimum atomic E-state index is -1.16. The number of thiazole rings is 1. The quantitative estimate of drug-likeness (QED) is 0.179. The van der Waals surface area contributed by atoms with Gasteiger partial charge in [-0.1, -0.05) is 41.7 Å². The number of para-hydroxylation sites is 1. The molecule has 0 fully saturated rings. The Morgan fingerprint density at radius 1 is 0.972 bits per heavy atom. The molecule has 0 aliphatic carbocycles. The number of aromatic nitrogens is 1. The van der Waals surface area contributed by atoms with Gasteiger partial charge in [-0.25, -0.2) is 9.78 Å². The lowest BCUT2D eigenvalue weighted by atomic mass is 10.1. The van der Waals surface area contributed by atoms with Gasteiger partial charge in [-0.3, -0.25) is 10.2 Å². The van der Waals surface area contributed by atoms with Crippen LogP contribution in [-0.2, 0) is 0 Å². The summed E-state index contributed by atoms with van der Waals surface area (Å²) < 4.78 is 7.00. The van der Waals surface area contributed by atoms with E-state index in [0.29, 0.717) is 33.5 Å². The van der Waals surface area contributed by atoms with Gasteiger partial charge < -0.3 is 14.8 Å². The van der Waals surface area contributed by atoms with Crippen molar-refractivity contribution in [1.29, 1.82) is 0 Å². The number of fused-ring (bicyclic) bond motifs is 1. The lowest BCUT2D eigenvalue weighted by Crippen LogP contribution is -2.14. The van der Waals surface area contributed by atoms with E-state index in [0.717, 1.165) is 10.2 Å². The summed E-state index contributed by atoms with van der Waals surface area (Å²) in [6, 6.07) is 24.7. The van der Waals surface area contributed by atoms with Gasteiger partial charge in [0.1, 0.15) is 11.5 Å². The van der Waals surface area contributed by atoms with Gasteiger partial charge in [0, 0.05) is 11.1 Å². The van der Waals surface area contributed by atoms with Crippen molar-refractivity contribution in [3.8, 4) is 11.3 Å². The third-order valence-corrected chi connectivity index (χ3v) is 6.34. The van der Waals surface area contributed by atoms with Crippen molar-refractivity contribution < 1.29 is 19.1 Å². The Bertz CT molecular complexity index is 1570. The molecule has 0 spiro atoms. The number of nitrogens with zero attached hydrogens (tertiary/aromatic N) is 2. The molecule has 0 unspecified atom stereocenters. The molecule has 0 aliphatic heterocycles. The zero-order valence-electron chi connectivity index (χ0n) is 19.1. The van der Waals surface area contributed by atoms with Crippen LogP contribution < -0.4 is 10.7 Å². The molecule has 3 aromatic carbocycles. The molecule has 0 saturated heterocycles. The first-order valence-corrected chi connectivity index (χ1v) is 11.8. The molecule has 5 rings (SSSR count). The van der Waals surface area contributed by atoms with Crippen molar-refractivity contribution in [2.45, 2.75) is 6.92 Å². The Hall–Kier alpha value is -4.76. The third kappa shape index (κ3) is 4.86. The number of hydrogen-bond donors (Lipinski definition) is 3. The van der Waals surface area contributed by atoms with E-state index in [-0.39, 0.29) is 11.3 Å². The number of anilines is 2. The molecule has 0 saturated carbocycles. The van der Waals surface area contributed by atoms with Gasteiger partial charge in [-0.05, 0) is 61.5 Å². The highest BCUT2D eigenvalue weighted by atomic mass is 32.1. The molecule has 0 atom stereocenters. The van der Waals surface area contributed by atoms with Gasteiger partial charge in [0.2, 0.25) is 5.13 Å². The molecule has 0 bridgehead atoms. The van der Waals surface area contributed by atoms with E-state index in [4.69, 9.17) is 4.42 Å². The van der Waals surface area contributed by atoms with Crippen molar-refractivity contribution in [2.24, 2.45) is 5.10 Å². The number of carboxylic acid groups (broad SMARTS) is 1. The minimum Gasteiger partial charge on any atom is -0.478 e. The van der Waals surface area contributed by atoms with Gasteiger partial charge in [0.05, 0.1) is 21.5 Å². The SMILES string of the molecule is CC(=NNc1nc2ccccc2s1)c1ccc(-c2ccc(NC(=O)c3ccccc3)c(C(=O)O)c2)o1. The number of benzene rings is 3. The predicted molar refractivity (Wildman–Crippen MR) is 141 cm³/mol. The molecule has 3 N–H and O–H groups in total. The summed E-state index contributed by atoms with van der Waals surface area (Å²) in [4.78, 5) is 28.9. The van der Waals surface area contributed by atoms with Gasteiger partial charge in [-0.2, -0.15) is 5.10 Å². The van der Waals surface area contributed by atoms with Crippen LogP contribution in [0.4, 0.5) is 10.8 Å². The zero-order chi connectivity index (χ0) is 25.1. The zero-order valence-corrected chi connectivity index (χ0v) is 19.9. The van der Waals surface area contributed by atoms with Crippen molar-refractivity contribution in [1.82, 2.24) is 4.98 Å². The van der Waals surface area contributed by atoms with Crippen LogP contribution in [0.2, 0.25) is 0 Å². The average Bonchev–Trinajstić information content (AvgIpc) is 3.55. The number of aromatic carboxylic acids is 1. The smallest absolute Gasteiger partial charge is 0.337 e. The monoisotopic (exact) mass is 496 g/mol. The maximum atomic E-state index is 12.5. The molecule has 36 heavy (non-hydrogen) atoms. The third-order valence-electron chi connectivity index (χ3n) is 5.39. The summed E-state index contributed by atoms with van der Waals surface area (Å²) in [6.45, 7) is 1.80. The minimum absolute atomic E-state index is 0.0439. The molecule has 2 heterocycles. The average molecular weight is 497 g/mol. The lowest BCUT2D eigenvalue weighted by Gasteiger charge is -2.10. The molecule has 5 aromatic rings. The van der Waals surface area contributed by atoms with Crippen LogP contribution >= 0.6 is 11.3 Å². The molecule has 0 aliphatic rings. The van der Waals surface area contributed by atoms with Crippen LogP contribution in [-0.4, -0.2) is 27.7 Å². The van der Waals surface area contributed by atoms with E-state index in [1.807, 2.05) is 24.3 Å². The molecule has 1 amide bonds. The largest absolute Gasteiger partial charge is 0.478 e. The first-order chi connectivity index (χ1) is 17.5. The highest BCUT2D eigenvalue weighted by Crippen LogP contribution is 2.28. The summed E-state index contributed by atoms with van der Waals surface area (Å²) in [6.07, 6.45) is 0. The van der Waals surface area contributed by atoms with Crippen molar-refractivity contribution >= 4 is 50.0 Å². The summed E-state index contributed by atoms with van der Waals surface area (Å²) in [5, 5.41) is 17.4. The second-order valence-corrected chi connectivity index (χ2v) is 8.88. The molecule has 8 nitrogen and oxygen atoms in total. The van der Waals surface area contributed by atoms with Gasteiger partial charge in [-0.15, -0.1) is 0 Å². The second kappa shape index (κ2) is 9.85. The summed E-state index contributed by atoms with van der Waals surface area (Å²) in [5.41, 5.74) is 5.61. The molecule has 178 valence electrons. The van der Waals surface area contributed by atoms with E-state index < -0.39 is 11.9 Å². The van der Waals surface area contributed by atoms with Crippen LogP contribution in [0.3, 0.4) is 0 Å². The summed E-state index contributed by atoms with van der Waals surface area (Å²) >= 11 is 1.50. The fourth-order valence-electron chi connectivity index (χ4n) is 3.56. The number of furan rings is 1. The molecule has 9 heteroatoms. The van der Waals surface area contributed by atoms with Crippen molar-refractivity contribution in [3.05, 3.63) is 102 Å². The predicted octanol–water partition coefficient (Wildman–Crippen LogP) is 6.34. The van der Waals surface area contributed by atoms with Crippen molar-refractivity contribution in [3.63, 3.8) is 0 Å². The highest BCUT2D eigenvalue weighted by molar-refractivity contribution is 7.22. The first-order valence-electron chi connectivity index (χ1n) is 11.0. The summed E-state index contributed by atoms with van der Waals surface area (Å²) in [5.74, 6) is -0.553. The first kappa shape index (κ1) is 23.0. The number of hydrazone groups is 1. The van der Waals surface area contributed by atoms with E-state index in [1.54, 1.807) is 61.5 Å². The van der Waals surface area contributed by atoms with Gasteiger partial charge in [0.15, 0.2) is 5.76 Å². The Morgan fingerprint density at radius 2 is 1.75 bits per heavy atom. The number of amides is 1. The Kier molecular flexibility index (Phi) is 6.29. The Morgan fingerprint density at radius 3 is 2.53 bits per heavy atom. The maximum Gasteiger partial charge on any atom is 0.337 e. The molecule has 0 radical (unpaired) electrons. The lowest BCUT2D eigenvalue weighted by molar-refractivity contribution is 0.0698. The Labute approximate surface area is 209 Å². The van der Waals surface area contributed by atoms with Gasteiger partial charge in [0.25, 0.3) is 5.91 Å². The van der Waals surface area contributed by atoms with Crippen LogP contribution in [0.25, 0.3) is 21.5 Å². The van der Waals surface area contributed by atoms with Crippen molar-refractivity contribution in [2.75, 3.05) is 10.7 Å². The van der Waals surface area contributed by atoms with Crippen LogP contribution in [0.1, 0.15) is 33.4 Å². The topological polar surface area (TPSA) is 117 Å². The van der Waals surface area contributed by atoms with E-state index >= 15 is 0 Å². The highest BCUT2D eigenvalue weighted by Gasteiger charge is 2.17. The second-order valence-electron chi connectivity index (χ2n) is 7.85. The van der Waals surface area contributed by atoms with Crippen LogP contribution in [0.15, 0.2) is 94.4 Å². The molecule has 2 aromatic heterocycles. The fraction of sp³-hybridized carbons (Fsp3) is 0.0370. The molecular formula is C27H20N4O4S. The van der Waals surface area contributed by atoms with E-state index in [2.05, 4.69) is 20.8 Å². The van der Waals surface area contributed by atoms with Gasteiger partial charge >= 0.3 is 5.97 Å². The number of carbonyl (C=O) groups excluding carboxylic acids is 1. The van der Waals surface area contributed by atoms with Crippen LogP contribution in [0.5, 0.6) is 0 Å². The van der Waals surface area contributed by atoms with Crippen LogP contribution in [0, 0.1) is 0 Å². The Balaban J connectivity index is 1.34. The van der Waals surface area contributed by atoms with E-state index in [9.17, 15) is 14.7 Å². The number of hydrogen-bond acceptors (Lipinski definition) is 7. The number of carbonyl (C=O) groups is 2. The fourth-order valence-corrected chi connectivity index (χ4v) is 4.37. The standard InChI is InChI=1S/C27H20N4O4S/c1-16(30-31-27-29-21-9-5-6-10-24(21)36-27)22-13-14-23(35-22)18-11-12-20(19(15-18)26(33)34)28-25(32)17-7-3-2-4-8-17/h2-15H,1H3,(H,28,32)(H,29,31)(H,33,34). The number of nitrogens with one attached hydrogen (secondary N) is 2. The van der Waals surface area contributed by atoms with E-state index in [1.165, 1.54) is 17.4 Å². The maximum absolute atomic E-state index is 12.5. The summed E-state index contributed by atoms with van der Waals surface area (Å²) in [7, 11) is 0. The normalized spacial score (nSPS) is 11.4. The number of carboxylic acids is 1. The number of rotatable bonds is 7. The molecular weight excluding hydrogens is 476 g/mol.